The highest BCUT2D eigenvalue weighted by Crippen LogP contribution is 2.16. The van der Waals surface area contributed by atoms with Gasteiger partial charge in [0.2, 0.25) is 0 Å². The van der Waals surface area contributed by atoms with Gasteiger partial charge in [-0.25, -0.2) is 4.39 Å². The normalized spacial score (nSPS) is 10.7. The Bertz CT molecular complexity index is 535. The second-order valence-corrected chi connectivity index (χ2v) is 4.77. The van der Waals surface area contributed by atoms with Gasteiger partial charge in [-0.05, 0) is 26.8 Å². The molecular formula is C13H21ClFN5. The highest BCUT2D eigenvalue weighted by Gasteiger charge is 2.08. The Morgan fingerprint density at radius 1 is 1.35 bits per heavy atom. The van der Waals surface area contributed by atoms with Crippen molar-refractivity contribution in [1.82, 2.24) is 19.6 Å². The molecule has 7 heteroatoms. The molecule has 0 fully saturated rings. The van der Waals surface area contributed by atoms with E-state index in [9.17, 15) is 4.39 Å². The molecule has 0 aliphatic heterocycles. The standard InChI is InChI=1S/C13H20FN5.ClH/c1-10(2)19-12(4-6-16-19)8-15-13-9-17-18(7-5-14)11(13)3;/h4,6,9-10,15H,5,7-8H2,1-3H3;1H. The van der Waals surface area contributed by atoms with Gasteiger partial charge in [-0.3, -0.25) is 9.36 Å². The summed E-state index contributed by atoms with van der Waals surface area (Å²) in [7, 11) is 0. The first kappa shape index (κ1) is 16.5. The number of anilines is 1. The Morgan fingerprint density at radius 2 is 2.10 bits per heavy atom. The van der Waals surface area contributed by atoms with Gasteiger partial charge in [-0.1, -0.05) is 0 Å². The third-order valence-electron chi connectivity index (χ3n) is 3.10. The molecule has 20 heavy (non-hydrogen) atoms. The SMILES string of the molecule is Cc1c(NCc2ccnn2C(C)C)cnn1CCF.Cl. The van der Waals surface area contributed by atoms with Gasteiger partial charge in [0.15, 0.2) is 0 Å². The van der Waals surface area contributed by atoms with E-state index in [1.54, 1.807) is 17.1 Å². The maximum atomic E-state index is 12.3. The molecule has 0 bridgehead atoms. The van der Waals surface area contributed by atoms with Gasteiger partial charge in [0, 0.05) is 12.2 Å². The lowest BCUT2D eigenvalue weighted by Crippen LogP contribution is -2.11. The maximum Gasteiger partial charge on any atom is 0.109 e. The Labute approximate surface area is 124 Å². The second kappa shape index (κ2) is 7.28. The van der Waals surface area contributed by atoms with Crippen LogP contribution in [0.25, 0.3) is 0 Å². The fraction of sp³-hybridized carbons (Fsp3) is 0.538. The molecule has 0 unspecified atom stereocenters. The van der Waals surface area contributed by atoms with Crippen LogP contribution in [0.1, 0.15) is 31.3 Å². The van der Waals surface area contributed by atoms with E-state index in [0.29, 0.717) is 19.1 Å². The van der Waals surface area contributed by atoms with E-state index < -0.39 is 6.67 Å². The molecule has 2 rings (SSSR count). The van der Waals surface area contributed by atoms with Crippen molar-refractivity contribution in [2.24, 2.45) is 0 Å². The minimum absolute atomic E-state index is 0. The van der Waals surface area contributed by atoms with E-state index in [-0.39, 0.29) is 12.4 Å². The molecule has 2 heterocycles. The van der Waals surface area contributed by atoms with Crippen molar-refractivity contribution in [3.05, 3.63) is 29.8 Å². The lowest BCUT2D eigenvalue weighted by atomic mass is 10.3. The third-order valence-corrected chi connectivity index (χ3v) is 3.10. The van der Waals surface area contributed by atoms with Crippen LogP contribution in [0.4, 0.5) is 10.1 Å². The molecule has 0 saturated carbocycles. The van der Waals surface area contributed by atoms with Gasteiger partial charge in [-0.15, -0.1) is 12.4 Å². The number of hydrogen-bond donors (Lipinski definition) is 1. The van der Waals surface area contributed by atoms with Crippen LogP contribution in [0.2, 0.25) is 0 Å². The lowest BCUT2D eigenvalue weighted by Gasteiger charge is -2.12. The molecule has 0 spiro atoms. The van der Waals surface area contributed by atoms with Gasteiger partial charge in [0.1, 0.15) is 6.67 Å². The molecule has 2 aromatic heterocycles. The summed E-state index contributed by atoms with van der Waals surface area (Å²) in [5.41, 5.74) is 3.01. The Hall–Kier alpha value is -1.56. The maximum absolute atomic E-state index is 12.3. The predicted octanol–water partition coefficient (Wildman–Crippen LogP) is 2.97. The molecule has 0 atom stereocenters. The number of halogens is 2. The van der Waals surface area contributed by atoms with Crippen molar-refractivity contribution in [1.29, 1.82) is 0 Å². The summed E-state index contributed by atoms with van der Waals surface area (Å²) >= 11 is 0. The van der Waals surface area contributed by atoms with Gasteiger partial charge >= 0.3 is 0 Å². The second-order valence-electron chi connectivity index (χ2n) is 4.77. The van der Waals surface area contributed by atoms with E-state index in [4.69, 9.17) is 0 Å². The van der Waals surface area contributed by atoms with Crippen LogP contribution in [0.5, 0.6) is 0 Å². The molecule has 112 valence electrons. The number of alkyl halides is 1. The first-order valence-electron chi connectivity index (χ1n) is 6.48. The highest BCUT2D eigenvalue weighted by atomic mass is 35.5. The van der Waals surface area contributed by atoms with Crippen LogP contribution in [0.3, 0.4) is 0 Å². The minimum atomic E-state index is -0.401. The molecule has 0 aliphatic rings. The quantitative estimate of drug-likeness (QED) is 0.892. The molecule has 0 saturated heterocycles. The molecule has 0 amide bonds. The van der Waals surface area contributed by atoms with Crippen molar-refractivity contribution in [3.8, 4) is 0 Å². The molecule has 1 N–H and O–H groups in total. The van der Waals surface area contributed by atoms with E-state index in [1.165, 1.54) is 0 Å². The van der Waals surface area contributed by atoms with Crippen LogP contribution in [0.15, 0.2) is 18.5 Å². The summed E-state index contributed by atoms with van der Waals surface area (Å²) in [6.07, 6.45) is 3.54. The average molecular weight is 302 g/mol. The largest absolute Gasteiger partial charge is 0.377 e. The minimum Gasteiger partial charge on any atom is -0.377 e. The average Bonchev–Trinajstić information content (AvgIpc) is 2.96. The van der Waals surface area contributed by atoms with Crippen LogP contribution in [-0.2, 0) is 13.1 Å². The van der Waals surface area contributed by atoms with Gasteiger partial charge < -0.3 is 5.32 Å². The van der Waals surface area contributed by atoms with Crippen LogP contribution < -0.4 is 5.32 Å². The zero-order valence-corrected chi connectivity index (χ0v) is 12.8. The summed E-state index contributed by atoms with van der Waals surface area (Å²) in [4.78, 5) is 0. The topological polar surface area (TPSA) is 47.7 Å². The molecule has 0 radical (unpaired) electrons. The van der Waals surface area contributed by atoms with Crippen LogP contribution in [-0.4, -0.2) is 26.2 Å². The molecule has 2 aromatic rings. The van der Waals surface area contributed by atoms with E-state index in [2.05, 4.69) is 29.4 Å². The van der Waals surface area contributed by atoms with Gasteiger partial charge in [0.05, 0.1) is 36.4 Å². The first-order chi connectivity index (χ1) is 9.13. The lowest BCUT2D eigenvalue weighted by molar-refractivity contribution is 0.423. The smallest absolute Gasteiger partial charge is 0.109 e. The molecule has 5 nitrogen and oxygen atoms in total. The Balaban J connectivity index is 0.00000200. The summed E-state index contributed by atoms with van der Waals surface area (Å²) in [6, 6.07) is 2.33. The monoisotopic (exact) mass is 301 g/mol. The Morgan fingerprint density at radius 3 is 2.75 bits per heavy atom. The summed E-state index contributed by atoms with van der Waals surface area (Å²) in [5.74, 6) is 0. The van der Waals surface area contributed by atoms with Gasteiger partial charge in [-0.2, -0.15) is 10.2 Å². The number of nitrogens with zero attached hydrogens (tertiary/aromatic N) is 4. The first-order valence-corrected chi connectivity index (χ1v) is 6.48. The van der Waals surface area contributed by atoms with Crippen molar-refractivity contribution in [2.75, 3.05) is 12.0 Å². The summed E-state index contributed by atoms with van der Waals surface area (Å²) < 4.78 is 16.0. The number of hydrogen-bond acceptors (Lipinski definition) is 3. The highest BCUT2D eigenvalue weighted by molar-refractivity contribution is 5.85. The Kier molecular flexibility index (Phi) is 6.01. The molecule has 0 aromatic carbocycles. The van der Waals surface area contributed by atoms with Crippen LogP contribution in [0, 0.1) is 6.92 Å². The van der Waals surface area contributed by atoms with Crippen molar-refractivity contribution in [2.45, 2.75) is 39.9 Å². The van der Waals surface area contributed by atoms with Crippen LogP contribution >= 0.6 is 12.4 Å². The summed E-state index contributed by atoms with van der Waals surface area (Å²) in [5, 5.41) is 11.8. The zero-order chi connectivity index (χ0) is 13.8. The van der Waals surface area contributed by atoms with Crippen molar-refractivity contribution >= 4 is 18.1 Å². The fourth-order valence-corrected chi connectivity index (χ4v) is 2.06. The number of nitrogens with one attached hydrogen (secondary N) is 1. The predicted molar refractivity (Wildman–Crippen MR) is 80.1 cm³/mol. The van der Waals surface area contributed by atoms with Crippen molar-refractivity contribution < 1.29 is 4.39 Å². The van der Waals surface area contributed by atoms with E-state index >= 15 is 0 Å². The molecule has 0 aliphatic carbocycles. The zero-order valence-electron chi connectivity index (χ0n) is 12.0. The fourth-order valence-electron chi connectivity index (χ4n) is 2.06. The van der Waals surface area contributed by atoms with Crippen molar-refractivity contribution in [3.63, 3.8) is 0 Å². The molecular weight excluding hydrogens is 281 g/mol. The van der Waals surface area contributed by atoms with E-state index in [1.807, 2.05) is 17.7 Å². The van der Waals surface area contributed by atoms with Gasteiger partial charge in [0.25, 0.3) is 0 Å². The van der Waals surface area contributed by atoms with E-state index in [0.717, 1.165) is 17.1 Å². The summed E-state index contributed by atoms with van der Waals surface area (Å²) in [6.45, 7) is 6.71. The number of rotatable bonds is 6. The number of aryl methyl sites for hydroxylation is 1. The number of aromatic nitrogens is 4. The third kappa shape index (κ3) is 3.50.